The summed E-state index contributed by atoms with van der Waals surface area (Å²) >= 11 is 5.96. The molecule has 1 aliphatic rings. The second-order valence-corrected chi connectivity index (χ2v) is 5.54. The van der Waals surface area contributed by atoms with Crippen molar-refractivity contribution in [1.82, 2.24) is 4.90 Å². The Kier molecular flexibility index (Phi) is 4.42. The number of nitrogens with zero attached hydrogens (tertiary/aromatic N) is 1. The molecule has 0 saturated heterocycles. The first-order chi connectivity index (χ1) is 8.99. The number of benzene rings is 1. The van der Waals surface area contributed by atoms with Gasteiger partial charge in [-0.2, -0.15) is 0 Å². The van der Waals surface area contributed by atoms with E-state index >= 15 is 0 Å². The Labute approximate surface area is 117 Å². The Bertz CT molecular complexity index is 481. The fourth-order valence-corrected chi connectivity index (χ4v) is 2.79. The van der Waals surface area contributed by atoms with E-state index in [0.29, 0.717) is 11.6 Å². The van der Waals surface area contributed by atoms with Crippen molar-refractivity contribution in [3.05, 3.63) is 34.6 Å². The van der Waals surface area contributed by atoms with E-state index < -0.39 is 0 Å². The Morgan fingerprint density at radius 1 is 1.53 bits per heavy atom. The van der Waals surface area contributed by atoms with Crippen LogP contribution in [0.25, 0.3) is 0 Å². The number of carbonyl (C=O) groups is 1. The Balaban J connectivity index is 2.04. The number of hydrogen-bond donors (Lipinski definition) is 1. The summed E-state index contributed by atoms with van der Waals surface area (Å²) in [7, 11) is 1.73. The zero-order valence-electron chi connectivity index (χ0n) is 10.9. The molecule has 1 aromatic carbocycles. The molecule has 0 unspecified atom stereocenters. The van der Waals surface area contributed by atoms with Crippen molar-refractivity contribution in [2.75, 3.05) is 7.05 Å². The van der Waals surface area contributed by atoms with Crippen LogP contribution < -0.4 is 5.73 Å². The summed E-state index contributed by atoms with van der Waals surface area (Å²) in [6.45, 7) is 0.376. The Hall–Kier alpha value is -1.13. The third-order valence-corrected chi connectivity index (χ3v) is 4.04. The summed E-state index contributed by atoms with van der Waals surface area (Å²) in [6, 6.07) is 4.17. The van der Waals surface area contributed by atoms with E-state index in [1.54, 1.807) is 18.0 Å². The molecule has 0 aromatic heterocycles. The maximum absolute atomic E-state index is 13.0. The summed E-state index contributed by atoms with van der Waals surface area (Å²) < 4.78 is 13.0. The highest BCUT2D eigenvalue weighted by Crippen LogP contribution is 2.26. The van der Waals surface area contributed by atoms with E-state index in [9.17, 15) is 9.18 Å². The van der Waals surface area contributed by atoms with Crippen LogP contribution in [0.3, 0.4) is 0 Å². The van der Waals surface area contributed by atoms with Crippen molar-refractivity contribution in [1.29, 1.82) is 0 Å². The predicted octanol–water partition coefficient (Wildman–Crippen LogP) is 2.56. The lowest BCUT2D eigenvalue weighted by molar-refractivity contribution is -0.134. The second kappa shape index (κ2) is 5.88. The molecule has 0 radical (unpaired) electrons. The van der Waals surface area contributed by atoms with Crippen LogP contribution in [0.5, 0.6) is 0 Å². The summed E-state index contributed by atoms with van der Waals surface area (Å²) in [5, 5.41) is 0.343. The van der Waals surface area contributed by atoms with Gasteiger partial charge in [0, 0.05) is 24.7 Å². The molecule has 1 aliphatic carbocycles. The van der Waals surface area contributed by atoms with Crippen molar-refractivity contribution >= 4 is 17.5 Å². The van der Waals surface area contributed by atoms with Gasteiger partial charge in [-0.25, -0.2) is 4.39 Å². The number of hydrogen-bond acceptors (Lipinski definition) is 2. The lowest BCUT2D eigenvalue weighted by Crippen LogP contribution is -2.39. The topological polar surface area (TPSA) is 46.3 Å². The summed E-state index contributed by atoms with van der Waals surface area (Å²) in [5.41, 5.74) is 6.68. The number of carbonyl (C=O) groups excluding carboxylic acids is 1. The third-order valence-electron chi connectivity index (χ3n) is 3.69. The van der Waals surface area contributed by atoms with E-state index in [-0.39, 0.29) is 23.7 Å². The van der Waals surface area contributed by atoms with Gasteiger partial charge in [0.1, 0.15) is 5.82 Å². The fraction of sp³-hybridized carbons (Fsp3) is 0.500. The molecule has 2 atom stereocenters. The van der Waals surface area contributed by atoms with Gasteiger partial charge in [-0.15, -0.1) is 0 Å². The zero-order chi connectivity index (χ0) is 14.0. The van der Waals surface area contributed by atoms with Gasteiger partial charge in [0.05, 0.1) is 5.92 Å². The van der Waals surface area contributed by atoms with Crippen molar-refractivity contribution < 1.29 is 9.18 Å². The summed E-state index contributed by atoms with van der Waals surface area (Å²) in [4.78, 5) is 13.9. The molecule has 19 heavy (non-hydrogen) atoms. The normalized spacial score (nSPS) is 22.5. The highest BCUT2D eigenvalue weighted by molar-refractivity contribution is 6.31. The van der Waals surface area contributed by atoms with Crippen LogP contribution in [0.4, 0.5) is 4.39 Å². The minimum absolute atomic E-state index is 0.0429. The molecule has 0 aliphatic heterocycles. The van der Waals surface area contributed by atoms with Crippen LogP contribution in [0.2, 0.25) is 5.02 Å². The predicted molar refractivity (Wildman–Crippen MR) is 73.2 cm³/mol. The van der Waals surface area contributed by atoms with Gasteiger partial charge in [-0.3, -0.25) is 4.79 Å². The number of amides is 1. The third kappa shape index (κ3) is 3.25. The van der Waals surface area contributed by atoms with Crippen LogP contribution in [0.15, 0.2) is 18.2 Å². The lowest BCUT2D eigenvalue weighted by Gasteiger charge is -2.23. The van der Waals surface area contributed by atoms with Gasteiger partial charge in [-0.05, 0) is 30.5 Å². The van der Waals surface area contributed by atoms with E-state index in [4.69, 9.17) is 17.3 Å². The van der Waals surface area contributed by atoms with Gasteiger partial charge in [0.15, 0.2) is 0 Å². The lowest BCUT2D eigenvalue weighted by atomic mass is 10.0. The Morgan fingerprint density at radius 3 is 2.84 bits per heavy atom. The first-order valence-electron chi connectivity index (χ1n) is 6.43. The van der Waals surface area contributed by atoms with E-state index in [2.05, 4.69) is 0 Å². The van der Waals surface area contributed by atoms with Crippen molar-refractivity contribution in [3.63, 3.8) is 0 Å². The fourth-order valence-electron chi connectivity index (χ4n) is 2.56. The molecule has 104 valence electrons. The highest BCUT2D eigenvalue weighted by atomic mass is 35.5. The maximum atomic E-state index is 13.0. The SMILES string of the molecule is CN(Cc1ccc(F)cc1Cl)C(=O)[C@H]1CCC[C@H]1N. The molecule has 1 amide bonds. The molecule has 1 fully saturated rings. The first kappa shape index (κ1) is 14.3. The van der Waals surface area contributed by atoms with Gasteiger partial charge >= 0.3 is 0 Å². The minimum Gasteiger partial charge on any atom is -0.341 e. The van der Waals surface area contributed by atoms with Crippen LogP contribution in [-0.2, 0) is 11.3 Å². The minimum atomic E-state index is -0.374. The first-order valence-corrected chi connectivity index (χ1v) is 6.81. The molecule has 2 N–H and O–H groups in total. The molecule has 5 heteroatoms. The van der Waals surface area contributed by atoms with Crippen molar-refractivity contribution in [2.24, 2.45) is 11.7 Å². The zero-order valence-corrected chi connectivity index (χ0v) is 11.7. The standard InChI is InChI=1S/C14H18ClFN2O/c1-18(14(19)11-3-2-4-13(11)17)8-9-5-6-10(16)7-12(9)15/h5-7,11,13H,2-4,8,17H2,1H3/t11-,13+/m0/s1. The quantitative estimate of drug-likeness (QED) is 0.927. The molecule has 0 heterocycles. The molecule has 0 spiro atoms. The van der Waals surface area contributed by atoms with Crippen molar-refractivity contribution in [2.45, 2.75) is 31.8 Å². The molecule has 1 saturated carbocycles. The van der Waals surface area contributed by atoms with Gasteiger partial charge in [-0.1, -0.05) is 24.1 Å². The van der Waals surface area contributed by atoms with Crippen molar-refractivity contribution in [3.8, 4) is 0 Å². The Morgan fingerprint density at radius 2 is 2.26 bits per heavy atom. The van der Waals surface area contributed by atoms with E-state index in [1.165, 1.54) is 12.1 Å². The average Bonchev–Trinajstić information content (AvgIpc) is 2.78. The maximum Gasteiger partial charge on any atom is 0.227 e. The van der Waals surface area contributed by atoms with Crippen LogP contribution in [0.1, 0.15) is 24.8 Å². The van der Waals surface area contributed by atoms with Gasteiger partial charge < -0.3 is 10.6 Å². The van der Waals surface area contributed by atoms with Crippen LogP contribution >= 0.6 is 11.6 Å². The number of halogens is 2. The summed E-state index contributed by atoms with van der Waals surface area (Å²) in [6.07, 6.45) is 2.76. The van der Waals surface area contributed by atoms with Gasteiger partial charge in [0.25, 0.3) is 0 Å². The van der Waals surface area contributed by atoms with E-state index in [1.807, 2.05) is 0 Å². The molecule has 3 nitrogen and oxygen atoms in total. The highest BCUT2D eigenvalue weighted by Gasteiger charge is 2.32. The summed E-state index contributed by atoms with van der Waals surface area (Å²) in [5.74, 6) is -0.421. The largest absolute Gasteiger partial charge is 0.341 e. The smallest absolute Gasteiger partial charge is 0.227 e. The van der Waals surface area contributed by atoms with Crippen LogP contribution in [-0.4, -0.2) is 23.9 Å². The van der Waals surface area contributed by atoms with Gasteiger partial charge in [0.2, 0.25) is 5.91 Å². The van der Waals surface area contributed by atoms with E-state index in [0.717, 1.165) is 24.8 Å². The molecule has 0 bridgehead atoms. The molecule has 1 aromatic rings. The monoisotopic (exact) mass is 284 g/mol. The average molecular weight is 285 g/mol. The number of rotatable bonds is 3. The van der Waals surface area contributed by atoms with Crippen LogP contribution in [0, 0.1) is 11.7 Å². The number of nitrogens with two attached hydrogens (primary N) is 1. The molecular weight excluding hydrogens is 267 g/mol. The molecular formula is C14H18ClFN2O. The second-order valence-electron chi connectivity index (χ2n) is 5.13. The molecule has 2 rings (SSSR count).